The van der Waals surface area contributed by atoms with Crippen LogP contribution in [0.15, 0.2) is 24.4 Å². The van der Waals surface area contributed by atoms with E-state index in [0.717, 1.165) is 15.4 Å². The number of carbonyl (C=O) groups is 1. The molecule has 0 saturated carbocycles. The Bertz CT molecular complexity index is 607. The second-order valence-electron chi connectivity index (χ2n) is 4.53. The molecular weight excluding hydrogens is 260 g/mol. The van der Waals surface area contributed by atoms with Gasteiger partial charge in [0.05, 0.1) is 11.6 Å². The number of nitrogens with zero attached hydrogens (tertiary/aromatic N) is 1. The van der Waals surface area contributed by atoms with Crippen molar-refractivity contribution in [2.75, 3.05) is 5.32 Å². The average molecular weight is 276 g/mol. The number of aromatic nitrogens is 1. The SMILES string of the molecule is Cc1ccc(NC(C)c2ncc(C)s2)c(C(=O)O)c1. The van der Waals surface area contributed by atoms with Crippen LogP contribution in [0.5, 0.6) is 0 Å². The molecule has 0 spiro atoms. The Kier molecular flexibility index (Phi) is 3.85. The van der Waals surface area contributed by atoms with Crippen LogP contribution in [-0.2, 0) is 0 Å². The highest BCUT2D eigenvalue weighted by atomic mass is 32.1. The van der Waals surface area contributed by atoms with Gasteiger partial charge in [-0.3, -0.25) is 0 Å². The highest BCUT2D eigenvalue weighted by Crippen LogP contribution is 2.26. The molecule has 1 aromatic heterocycles. The second kappa shape index (κ2) is 5.40. The summed E-state index contributed by atoms with van der Waals surface area (Å²) in [5.41, 5.74) is 1.85. The van der Waals surface area contributed by atoms with Crippen LogP contribution in [0.3, 0.4) is 0 Å². The van der Waals surface area contributed by atoms with E-state index in [9.17, 15) is 9.90 Å². The molecule has 0 aliphatic rings. The van der Waals surface area contributed by atoms with Gasteiger partial charge in [-0.15, -0.1) is 11.3 Å². The van der Waals surface area contributed by atoms with Gasteiger partial charge in [0, 0.05) is 16.8 Å². The van der Waals surface area contributed by atoms with Gasteiger partial charge in [0.25, 0.3) is 0 Å². The van der Waals surface area contributed by atoms with Crippen LogP contribution < -0.4 is 5.32 Å². The molecule has 2 rings (SSSR count). The molecular formula is C14H16N2O2S. The third kappa shape index (κ3) is 3.12. The molecule has 1 unspecified atom stereocenters. The zero-order valence-electron chi connectivity index (χ0n) is 11.1. The number of carboxylic acids is 1. The molecule has 5 heteroatoms. The number of aryl methyl sites for hydroxylation is 2. The van der Waals surface area contributed by atoms with E-state index in [1.54, 1.807) is 23.5 Å². The maximum atomic E-state index is 11.2. The molecule has 0 saturated heterocycles. The lowest BCUT2D eigenvalue weighted by Crippen LogP contribution is -2.10. The van der Waals surface area contributed by atoms with Crippen molar-refractivity contribution in [1.82, 2.24) is 4.98 Å². The molecule has 100 valence electrons. The van der Waals surface area contributed by atoms with Gasteiger partial charge in [0.15, 0.2) is 0 Å². The number of carboxylic acid groups (broad SMARTS) is 1. The Hall–Kier alpha value is -1.88. The average Bonchev–Trinajstić information content (AvgIpc) is 2.78. The first-order chi connectivity index (χ1) is 8.97. The van der Waals surface area contributed by atoms with E-state index in [0.29, 0.717) is 11.3 Å². The van der Waals surface area contributed by atoms with Gasteiger partial charge >= 0.3 is 5.97 Å². The summed E-state index contributed by atoms with van der Waals surface area (Å²) in [6.07, 6.45) is 1.82. The maximum absolute atomic E-state index is 11.2. The van der Waals surface area contributed by atoms with Gasteiger partial charge in [-0.05, 0) is 32.9 Å². The first-order valence-corrected chi connectivity index (χ1v) is 6.82. The number of aromatic carboxylic acids is 1. The lowest BCUT2D eigenvalue weighted by atomic mass is 10.1. The van der Waals surface area contributed by atoms with E-state index in [1.165, 1.54) is 0 Å². The van der Waals surface area contributed by atoms with Crippen LogP contribution in [0.2, 0.25) is 0 Å². The molecule has 0 radical (unpaired) electrons. The van der Waals surface area contributed by atoms with Crippen LogP contribution in [0, 0.1) is 13.8 Å². The minimum Gasteiger partial charge on any atom is -0.478 e. The number of hydrogen-bond acceptors (Lipinski definition) is 4. The number of hydrogen-bond donors (Lipinski definition) is 2. The molecule has 0 fully saturated rings. The van der Waals surface area contributed by atoms with Gasteiger partial charge in [-0.2, -0.15) is 0 Å². The van der Waals surface area contributed by atoms with Crippen LogP contribution in [-0.4, -0.2) is 16.1 Å². The fraction of sp³-hybridized carbons (Fsp3) is 0.286. The Balaban J connectivity index is 2.26. The smallest absolute Gasteiger partial charge is 0.337 e. The molecule has 4 nitrogen and oxygen atoms in total. The Morgan fingerprint density at radius 3 is 2.74 bits per heavy atom. The largest absolute Gasteiger partial charge is 0.478 e. The third-order valence-corrected chi connectivity index (χ3v) is 3.88. The molecule has 2 N–H and O–H groups in total. The Morgan fingerprint density at radius 2 is 2.16 bits per heavy atom. The summed E-state index contributed by atoms with van der Waals surface area (Å²) in [5.74, 6) is -0.922. The summed E-state index contributed by atoms with van der Waals surface area (Å²) < 4.78 is 0. The van der Waals surface area contributed by atoms with Gasteiger partial charge in [-0.25, -0.2) is 9.78 Å². The number of benzene rings is 1. The Morgan fingerprint density at radius 1 is 1.42 bits per heavy atom. The van der Waals surface area contributed by atoms with Crippen molar-refractivity contribution in [2.45, 2.75) is 26.8 Å². The normalized spacial score (nSPS) is 12.2. The van der Waals surface area contributed by atoms with Crippen LogP contribution in [0.1, 0.15) is 38.8 Å². The van der Waals surface area contributed by atoms with Crippen molar-refractivity contribution >= 4 is 23.0 Å². The van der Waals surface area contributed by atoms with E-state index in [-0.39, 0.29) is 6.04 Å². The number of nitrogens with one attached hydrogen (secondary N) is 1. The first kappa shape index (κ1) is 13.5. The first-order valence-electron chi connectivity index (χ1n) is 6.00. The molecule has 19 heavy (non-hydrogen) atoms. The highest BCUT2D eigenvalue weighted by Gasteiger charge is 2.14. The lowest BCUT2D eigenvalue weighted by Gasteiger charge is -2.15. The van der Waals surface area contributed by atoms with Crippen LogP contribution >= 0.6 is 11.3 Å². The quantitative estimate of drug-likeness (QED) is 0.895. The van der Waals surface area contributed by atoms with Gasteiger partial charge in [-0.1, -0.05) is 11.6 Å². The zero-order chi connectivity index (χ0) is 14.0. The highest BCUT2D eigenvalue weighted by molar-refractivity contribution is 7.11. The second-order valence-corrected chi connectivity index (χ2v) is 5.80. The molecule has 1 atom stereocenters. The Labute approximate surface area is 116 Å². The van der Waals surface area contributed by atoms with Crippen molar-refractivity contribution < 1.29 is 9.90 Å². The van der Waals surface area contributed by atoms with Gasteiger partial charge in [0.2, 0.25) is 0 Å². The fourth-order valence-electron chi connectivity index (χ4n) is 1.83. The molecule has 1 heterocycles. The summed E-state index contributed by atoms with van der Waals surface area (Å²) in [4.78, 5) is 16.7. The van der Waals surface area contributed by atoms with E-state index in [1.807, 2.05) is 33.0 Å². The van der Waals surface area contributed by atoms with Crippen LogP contribution in [0.25, 0.3) is 0 Å². The predicted octanol–water partition coefficient (Wildman–Crippen LogP) is 3.63. The lowest BCUT2D eigenvalue weighted by molar-refractivity contribution is 0.0698. The zero-order valence-corrected chi connectivity index (χ0v) is 11.9. The summed E-state index contributed by atoms with van der Waals surface area (Å²) in [5, 5.41) is 13.4. The topological polar surface area (TPSA) is 62.2 Å². The number of thiazole rings is 1. The molecule has 0 bridgehead atoms. The minimum absolute atomic E-state index is 0.0143. The fourth-order valence-corrected chi connectivity index (χ4v) is 2.60. The molecule has 2 aromatic rings. The summed E-state index contributed by atoms with van der Waals surface area (Å²) in [7, 11) is 0. The van der Waals surface area contributed by atoms with E-state index in [4.69, 9.17) is 0 Å². The number of rotatable bonds is 4. The predicted molar refractivity (Wildman–Crippen MR) is 77.0 cm³/mol. The van der Waals surface area contributed by atoms with Gasteiger partial charge in [0.1, 0.15) is 5.01 Å². The van der Waals surface area contributed by atoms with E-state index >= 15 is 0 Å². The molecule has 0 amide bonds. The van der Waals surface area contributed by atoms with Crippen molar-refractivity contribution in [2.24, 2.45) is 0 Å². The molecule has 0 aliphatic heterocycles. The minimum atomic E-state index is -0.922. The summed E-state index contributed by atoms with van der Waals surface area (Å²) in [6.45, 7) is 5.86. The summed E-state index contributed by atoms with van der Waals surface area (Å²) >= 11 is 1.61. The van der Waals surface area contributed by atoms with E-state index in [2.05, 4.69) is 10.3 Å². The van der Waals surface area contributed by atoms with Crippen LogP contribution in [0.4, 0.5) is 5.69 Å². The van der Waals surface area contributed by atoms with E-state index < -0.39 is 5.97 Å². The molecule has 1 aromatic carbocycles. The van der Waals surface area contributed by atoms with Crippen molar-refractivity contribution in [3.8, 4) is 0 Å². The maximum Gasteiger partial charge on any atom is 0.337 e. The van der Waals surface area contributed by atoms with Crippen molar-refractivity contribution in [3.05, 3.63) is 45.4 Å². The van der Waals surface area contributed by atoms with Gasteiger partial charge < -0.3 is 10.4 Å². The van der Waals surface area contributed by atoms with Crippen molar-refractivity contribution in [3.63, 3.8) is 0 Å². The van der Waals surface area contributed by atoms with Crippen molar-refractivity contribution in [1.29, 1.82) is 0 Å². The number of anilines is 1. The monoisotopic (exact) mass is 276 g/mol. The standard InChI is InChI=1S/C14H16N2O2S/c1-8-4-5-12(11(6-8)14(17)18)16-10(3)13-15-7-9(2)19-13/h4-7,10,16H,1-3H3,(H,17,18). The molecule has 0 aliphatic carbocycles. The summed E-state index contributed by atoms with van der Waals surface area (Å²) in [6, 6.07) is 5.36. The third-order valence-electron chi connectivity index (χ3n) is 2.79.